The Kier molecular flexibility index (Phi) is 2.69. The molecule has 1 aromatic heterocycles. The summed E-state index contributed by atoms with van der Waals surface area (Å²) in [6.07, 6.45) is 6.30. The van der Waals surface area contributed by atoms with Crippen molar-refractivity contribution in [2.75, 3.05) is 0 Å². The van der Waals surface area contributed by atoms with E-state index in [0.29, 0.717) is 17.4 Å². The van der Waals surface area contributed by atoms with Crippen LogP contribution in [0.15, 0.2) is 4.52 Å². The van der Waals surface area contributed by atoms with Gasteiger partial charge in [0.2, 0.25) is 5.89 Å². The number of hydrogen-bond acceptors (Lipinski definition) is 4. The first-order valence-electron chi connectivity index (χ1n) is 6.71. The van der Waals surface area contributed by atoms with Gasteiger partial charge in [-0.2, -0.15) is 4.98 Å². The van der Waals surface area contributed by atoms with Gasteiger partial charge in [0.15, 0.2) is 5.82 Å². The summed E-state index contributed by atoms with van der Waals surface area (Å²) in [5, 5.41) is 7.49. The molecular weight excluding hydrogens is 214 g/mol. The first-order chi connectivity index (χ1) is 8.15. The lowest BCUT2D eigenvalue weighted by atomic mass is 9.82. The van der Waals surface area contributed by atoms with Gasteiger partial charge in [-0.1, -0.05) is 25.4 Å². The molecule has 1 unspecified atom stereocenters. The van der Waals surface area contributed by atoms with Gasteiger partial charge < -0.3 is 9.84 Å². The highest BCUT2D eigenvalue weighted by Gasteiger charge is 2.39. The molecule has 4 heteroatoms. The van der Waals surface area contributed by atoms with Crippen molar-refractivity contribution < 1.29 is 4.52 Å². The van der Waals surface area contributed by atoms with Gasteiger partial charge in [-0.05, 0) is 31.1 Å². The quantitative estimate of drug-likeness (QED) is 0.871. The molecule has 0 spiro atoms. The maximum Gasteiger partial charge on any atom is 0.230 e. The summed E-state index contributed by atoms with van der Waals surface area (Å²) in [6.45, 7) is 5.36. The Labute approximate surface area is 102 Å². The van der Waals surface area contributed by atoms with Crippen LogP contribution in [-0.2, 0) is 6.54 Å². The largest absolute Gasteiger partial charge is 0.339 e. The van der Waals surface area contributed by atoms with Crippen molar-refractivity contribution in [1.29, 1.82) is 0 Å². The number of hydrogen-bond donors (Lipinski definition) is 1. The highest BCUT2D eigenvalue weighted by Crippen LogP contribution is 2.48. The minimum atomic E-state index is 0.313. The number of nitrogens with one attached hydrogen (secondary N) is 1. The fourth-order valence-corrected chi connectivity index (χ4v) is 2.79. The van der Waals surface area contributed by atoms with Crippen molar-refractivity contribution in [3.05, 3.63) is 11.7 Å². The smallest absolute Gasteiger partial charge is 0.230 e. The van der Waals surface area contributed by atoms with Crippen LogP contribution in [0.4, 0.5) is 0 Å². The zero-order valence-corrected chi connectivity index (χ0v) is 10.7. The molecule has 17 heavy (non-hydrogen) atoms. The Hall–Kier alpha value is -0.900. The fraction of sp³-hybridized carbons (Fsp3) is 0.846. The van der Waals surface area contributed by atoms with Crippen molar-refractivity contribution >= 4 is 0 Å². The van der Waals surface area contributed by atoms with E-state index in [0.717, 1.165) is 18.3 Å². The van der Waals surface area contributed by atoms with Crippen LogP contribution in [0, 0.1) is 5.41 Å². The molecular formula is C13H21N3O. The molecule has 1 N–H and O–H groups in total. The molecule has 0 amide bonds. The maximum atomic E-state index is 5.44. The number of rotatable bonds is 4. The SMILES string of the molecule is CC1(C)CCCC1c1nc(CNC2CC2)no1. The third-order valence-corrected chi connectivity index (χ3v) is 4.17. The summed E-state index contributed by atoms with van der Waals surface area (Å²) in [7, 11) is 0. The second kappa shape index (κ2) is 4.09. The van der Waals surface area contributed by atoms with Crippen LogP contribution >= 0.6 is 0 Å². The summed E-state index contributed by atoms with van der Waals surface area (Å²) >= 11 is 0. The maximum absolute atomic E-state index is 5.44. The predicted molar refractivity (Wildman–Crippen MR) is 64.5 cm³/mol. The van der Waals surface area contributed by atoms with Crippen molar-refractivity contribution in [1.82, 2.24) is 15.5 Å². The van der Waals surface area contributed by atoms with Crippen LogP contribution in [0.5, 0.6) is 0 Å². The molecule has 2 aliphatic rings. The van der Waals surface area contributed by atoms with Gasteiger partial charge >= 0.3 is 0 Å². The molecule has 3 rings (SSSR count). The molecule has 0 aliphatic heterocycles. The first kappa shape index (κ1) is 11.2. The molecule has 1 heterocycles. The van der Waals surface area contributed by atoms with Crippen LogP contribution in [-0.4, -0.2) is 16.2 Å². The van der Waals surface area contributed by atoms with Crippen LogP contribution in [0.1, 0.15) is 63.6 Å². The lowest BCUT2D eigenvalue weighted by Gasteiger charge is -2.23. The minimum Gasteiger partial charge on any atom is -0.339 e. The van der Waals surface area contributed by atoms with Crippen molar-refractivity contribution in [3.8, 4) is 0 Å². The van der Waals surface area contributed by atoms with Gasteiger partial charge in [0, 0.05) is 12.0 Å². The molecule has 94 valence electrons. The van der Waals surface area contributed by atoms with Crippen LogP contribution in [0.3, 0.4) is 0 Å². The van der Waals surface area contributed by atoms with Gasteiger partial charge in [0.25, 0.3) is 0 Å². The number of aromatic nitrogens is 2. The lowest BCUT2D eigenvalue weighted by molar-refractivity contribution is 0.260. The summed E-state index contributed by atoms with van der Waals surface area (Å²) in [4.78, 5) is 4.55. The van der Waals surface area contributed by atoms with E-state index < -0.39 is 0 Å². The predicted octanol–water partition coefficient (Wildman–Crippen LogP) is 2.62. The Balaban J connectivity index is 1.66. The van der Waals surface area contributed by atoms with Crippen LogP contribution < -0.4 is 5.32 Å². The Bertz CT molecular complexity index is 395. The second-order valence-electron chi connectivity index (χ2n) is 6.14. The van der Waals surface area contributed by atoms with E-state index in [9.17, 15) is 0 Å². The Morgan fingerprint density at radius 1 is 1.35 bits per heavy atom. The van der Waals surface area contributed by atoms with Gasteiger partial charge in [-0.15, -0.1) is 0 Å². The van der Waals surface area contributed by atoms with Gasteiger partial charge in [0.1, 0.15) is 0 Å². The Morgan fingerprint density at radius 2 is 2.18 bits per heavy atom. The number of nitrogens with zero attached hydrogens (tertiary/aromatic N) is 2. The van der Waals surface area contributed by atoms with Gasteiger partial charge in [0.05, 0.1) is 6.54 Å². The van der Waals surface area contributed by atoms with Crippen molar-refractivity contribution in [2.45, 2.75) is 64.5 Å². The minimum absolute atomic E-state index is 0.313. The molecule has 1 atom stereocenters. The van der Waals surface area contributed by atoms with E-state index in [1.165, 1.54) is 32.1 Å². The highest BCUT2D eigenvalue weighted by atomic mass is 16.5. The summed E-state index contributed by atoms with van der Waals surface area (Å²) in [5.74, 6) is 2.11. The van der Waals surface area contributed by atoms with E-state index in [2.05, 4.69) is 29.3 Å². The molecule has 0 bridgehead atoms. The average molecular weight is 235 g/mol. The fourth-order valence-electron chi connectivity index (χ4n) is 2.79. The molecule has 0 aromatic carbocycles. The normalized spacial score (nSPS) is 27.5. The van der Waals surface area contributed by atoms with Crippen LogP contribution in [0.2, 0.25) is 0 Å². The first-order valence-corrected chi connectivity index (χ1v) is 6.71. The highest BCUT2D eigenvalue weighted by molar-refractivity contribution is 5.04. The monoisotopic (exact) mass is 235 g/mol. The van der Waals surface area contributed by atoms with Crippen LogP contribution in [0.25, 0.3) is 0 Å². The van der Waals surface area contributed by atoms with E-state index in [1.807, 2.05) is 0 Å². The van der Waals surface area contributed by atoms with E-state index in [1.54, 1.807) is 0 Å². The lowest BCUT2D eigenvalue weighted by Crippen LogP contribution is -2.17. The molecule has 2 fully saturated rings. The third-order valence-electron chi connectivity index (χ3n) is 4.17. The van der Waals surface area contributed by atoms with E-state index >= 15 is 0 Å². The third kappa shape index (κ3) is 2.37. The Morgan fingerprint density at radius 3 is 2.82 bits per heavy atom. The zero-order valence-electron chi connectivity index (χ0n) is 10.7. The molecule has 2 saturated carbocycles. The van der Waals surface area contributed by atoms with Crippen molar-refractivity contribution in [2.24, 2.45) is 5.41 Å². The molecule has 2 aliphatic carbocycles. The average Bonchev–Trinajstić information content (AvgIpc) is 2.88. The molecule has 0 radical (unpaired) electrons. The summed E-state index contributed by atoms with van der Waals surface area (Å²) in [6, 6.07) is 0.694. The summed E-state index contributed by atoms with van der Waals surface area (Å²) < 4.78 is 5.44. The molecule has 0 saturated heterocycles. The van der Waals surface area contributed by atoms with Crippen molar-refractivity contribution in [3.63, 3.8) is 0 Å². The van der Waals surface area contributed by atoms with E-state index in [4.69, 9.17) is 4.52 Å². The van der Waals surface area contributed by atoms with E-state index in [-0.39, 0.29) is 0 Å². The molecule has 4 nitrogen and oxygen atoms in total. The zero-order chi connectivity index (χ0) is 11.9. The molecule has 1 aromatic rings. The summed E-state index contributed by atoms with van der Waals surface area (Å²) in [5.41, 5.74) is 0.313. The standard InChI is InChI=1S/C13H21N3O/c1-13(2)7-3-4-10(13)12-15-11(16-17-12)8-14-9-5-6-9/h9-10,14H,3-8H2,1-2H3. The van der Waals surface area contributed by atoms with Gasteiger partial charge in [-0.25, -0.2) is 0 Å². The second-order valence-corrected chi connectivity index (χ2v) is 6.14. The topological polar surface area (TPSA) is 51.0 Å². The van der Waals surface area contributed by atoms with Gasteiger partial charge in [-0.3, -0.25) is 0 Å².